The number of hydrogen-bond acceptors (Lipinski definition) is 4. The molecule has 2 N–H and O–H groups in total. The molecular weight excluding hydrogens is 362 g/mol. The van der Waals surface area contributed by atoms with Crippen LogP contribution in [-0.4, -0.2) is 39.7 Å². The number of benzene rings is 1. The Morgan fingerprint density at radius 3 is 2.62 bits per heavy atom. The molecule has 148 valence electrons. The second-order valence-electron chi connectivity index (χ2n) is 7.24. The summed E-state index contributed by atoms with van der Waals surface area (Å²) in [6, 6.07) is 11.2. The van der Waals surface area contributed by atoms with Crippen molar-refractivity contribution >= 4 is 11.6 Å². The first-order chi connectivity index (χ1) is 13.9. The third kappa shape index (κ3) is 4.53. The highest BCUT2D eigenvalue weighted by Gasteiger charge is 2.27. The summed E-state index contributed by atoms with van der Waals surface area (Å²) in [6.07, 6.45) is 6.48. The molecule has 1 fully saturated rings. The zero-order chi connectivity index (χ0) is 21.0. The lowest BCUT2D eigenvalue weighted by atomic mass is 10.1. The van der Waals surface area contributed by atoms with Gasteiger partial charge in [0, 0.05) is 30.4 Å². The Morgan fingerprint density at radius 1 is 1.31 bits per heavy atom. The normalized spacial score (nSPS) is 17.3. The van der Waals surface area contributed by atoms with Crippen LogP contribution < -0.4 is 5.73 Å². The molecule has 6 heteroatoms. The van der Waals surface area contributed by atoms with Crippen molar-refractivity contribution in [2.24, 2.45) is 5.73 Å². The van der Waals surface area contributed by atoms with Gasteiger partial charge in [-0.1, -0.05) is 36.4 Å². The minimum absolute atomic E-state index is 0.0210. The number of nitrogens with zero attached hydrogens (tertiary/aromatic N) is 4. The summed E-state index contributed by atoms with van der Waals surface area (Å²) in [7, 11) is 0. The summed E-state index contributed by atoms with van der Waals surface area (Å²) in [5.41, 5.74) is 10.5. The predicted octanol–water partition coefficient (Wildman–Crippen LogP) is 3.59. The monoisotopic (exact) mass is 387 g/mol. The Balaban J connectivity index is 2.04. The molecule has 1 saturated heterocycles. The van der Waals surface area contributed by atoms with E-state index in [0.29, 0.717) is 24.3 Å². The predicted molar refractivity (Wildman–Crippen MR) is 115 cm³/mol. The van der Waals surface area contributed by atoms with Crippen LogP contribution in [0.2, 0.25) is 0 Å². The minimum Gasteiger partial charge on any atom is -0.336 e. The van der Waals surface area contributed by atoms with E-state index in [1.807, 2.05) is 38.1 Å². The van der Waals surface area contributed by atoms with E-state index in [-0.39, 0.29) is 11.9 Å². The second-order valence-corrected chi connectivity index (χ2v) is 7.24. The third-order valence-corrected chi connectivity index (χ3v) is 4.99. The van der Waals surface area contributed by atoms with Crippen LogP contribution >= 0.6 is 0 Å². The lowest BCUT2D eigenvalue weighted by Gasteiger charge is -2.13. The molecule has 2 heterocycles. The summed E-state index contributed by atoms with van der Waals surface area (Å²) in [5.74, 6) is -0.114. The molecule has 2 aromatic rings. The highest BCUT2D eigenvalue weighted by molar-refractivity contribution is 5.94. The minimum atomic E-state index is -0.114. The van der Waals surface area contributed by atoms with Gasteiger partial charge in [0.2, 0.25) is 0 Å². The number of nitriles is 1. The van der Waals surface area contributed by atoms with E-state index in [2.05, 4.69) is 17.7 Å². The Kier molecular flexibility index (Phi) is 6.10. The molecule has 6 nitrogen and oxygen atoms in total. The van der Waals surface area contributed by atoms with Crippen molar-refractivity contribution in [2.45, 2.75) is 26.3 Å². The van der Waals surface area contributed by atoms with E-state index >= 15 is 0 Å². The van der Waals surface area contributed by atoms with Gasteiger partial charge in [-0.05, 0) is 44.5 Å². The van der Waals surface area contributed by atoms with Crippen LogP contribution in [0.3, 0.4) is 0 Å². The summed E-state index contributed by atoms with van der Waals surface area (Å²) < 4.78 is 1.76. The van der Waals surface area contributed by atoms with E-state index in [1.54, 1.807) is 33.9 Å². The van der Waals surface area contributed by atoms with Crippen LogP contribution in [0.25, 0.3) is 17.0 Å². The summed E-state index contributed by atoms with van der Waals surface area (Å²) in [4.78, 5) is 14.7. The zero-order valence-electron chi connectivity index (χ0n) is 16.8. The molecule has 1 amide bonds. The fourth-order valence-electron chi connectivity index (χ4n) is 3.20. The maximum atomic E-state index is 12.9. The Bertz CT molecular complexity index is 1020. The Hall–Kier alpha value is -3.43. The van der Waals surface area contributed by atoms with Crippen molar-refractivity contribution in [3.05, 3.63) is 72.0 Å². The van der Waals surface area contributed by atoms with Gasteiger partial charge in [0.15, 0.2) is 5.69 Å². The molecule has 1 aromatic carbocycles. The maximum absolute atomic E-state index is 12.9. The van der Waals surface area contributed by atoms with Crippen molar-refractivity contribution < 1.29 is 4.79 Å². The van der Waals surface area contributed by atoms with Crippen molar-refractivity contribution in [3.8, 4) is 17.3 Å². The third-order valence-electron chi connectivity index (χ3n) is 4.99. The van der Waals surface area contributed by atoms with Gasteiger partial charge in [0.25, 0.3) is 5.91 Å². The topological polar surface area (TPSA) is 87.9 Å². The first-order valence-electron chi connectivity index (χ1n) is 9.56. The Labute approximate surface area is 171 Å². The lowest BCUT2D eigenvalue weighted by Crippen LogP contribution is -2.32. The molecule has 29 heavy (non-hydrogen) atoms. The van der Waals surface area contributed by atoms with Crippen molar-refractivity contribution in [1.82, 2.24) is 14.7 Å². The fraction of sp³-hybridized carbons (Fsp3) is 0.261. The van der Waals surface area contributed by atoms with Crippen LogP contribution in [0.1, 0.15) is 36.3 Å². The van der Waals surface area contributed by atoms with E-state index < -0.39 is 0 Å². The molecule has 0 spiro atoms. The molecule has 0 bridgehead atoms. The van der Waals surface area contributed by atoms with Crippen LogP contribution in [-0.2, 0) is 0 Å². The molecule has 1 aliphatic rings. The number of hydrogen-bond donors (Lipinski definition) is 1. The number of carbonyl (C=O) groups excluding carboxylic acids is 1. The van der Waals surface area contributed by atoms with E-state index in [1.165, 1.54) is 0 Å². The molecule has 0 aliphatic carbocycles. The number of allylic oxidation sites excluding steroid dienone is 5. The van der Waals surface area contributed by atoms with Crippen molar-refractivity contribution in [2.75, 3.05) is 13.1 Å². The van der Waals surface area contributed by atoms with Gasteiger partial charge in [0.05, 0.1) is 17.3 Å². The molecule has 3 rings (SSSR count). The van der Waals surface area contributed by atoms with Crippen LogP contribution in [0.15, 0.2) is 60.7 Å². The number of aromatic nitrogens is 2. The number of carbonyl (C=O) groups is 1. The van der Waals surface area contributed by atoms with Gasteiger partial charge < -0.3 is 10.6 Å². The quantitative estimate of drug-likeness (QED) is 0.794. The Morgan fingerprint density at radius 2 is 2.03 bits per heavy atom. The fourth-order valence-corrected chi connectivity index (χ4v) is 3.20. The highest BCUT2D eigenvalue weighted by atomic mass is 16.2. The van der Waals surface area contributed by atoms with Gasteiger partial charge in [-0.15, -0.1) is 0 Å². The number of rotatable bonds is 5. The molecule has 1 atom stereocenters. The molecule has 0 radical (unpaired) electrons. The summed E-state index contributed by atoms with van der Waals surface area (Å²) in [5, 5.41) is 13.7. The summed E-state index contributed by atoms with van der Waals surface area (Å²) in [6.45, 7) is 8.86. The number of nitrogens with two attached hydrogens (primary N) is 1. The van der Waals surface area contributed by atoms with E-state index in [4.69, 9.17) is 11.0 Å². The maximum Gasteiger partial charge on any atom is 0.274 e. The standard InChI is InChI=1S/C23H25N5O/c1-4-16(2)5-6-17(3)28-22(19-9-7-18(14-24)8-10-19)13-21(26-28)23(29)27-12-11-20(25)15-27/h4-10,13,20H,1,11-12,15,25H2,2-3H3/b16-5-,17-6+/t20-/m0/s1. The first kappa shape index (κ1) is 20.3. The molecule has 1 aromatic heterocycles. The molecule has 0 saturated carbocycles. The average Bonchev–Trinajstić information content (AvgIpc) is 3.38. The van der Waals surface area contributed by atoms with E-state index in [0.717, 1.165) is 28.9 Å². The highest BCUT2D eigenvalue weighted by Crippen LogP contribution is 2.25. The van der Waals surface area contributed by atoms with Gasteiger partial charge >= 0.3 is 0 Å². The van der Waals surface area contributed by atoms with Gasteiger partial charge in [0.1, 0.15) is 0 Å². The number of amides is 1. The average molecular weight is 387 g/mol. The van der Waals surface area contributed by atoms with Gasteiger partial charge in [-0.3, -0.25) is 4.79 Å². The lowest BCUT2D eigenvalue weighted by molar-refractivity contribution is 0.0784. The van der Waals surface area contributed by atoms with Gasteiger partial charge in [-0.25, -0.2) is 4.68 Å². The SMILES string of the molecule is C=C/C(C)=C\C=C(/C)n1nc(C(=O)N2CC[C@H](N)C2)cc1-c1ccc(C#N)cc1. The van der Waals surface area contributed by atoms with Gasteiger partial charge in [-0.2, -0.15) is 10.4 Å². The van der Waals surface area contributed by atoms with Crippen molar-refractivity contribution in [3.63, 3.8) is 0 Å². The smallest absolute Gasteiger partial charge is 0.274 e. The zero-order valence-corrected chi connectivity index (χ0v) is 16.8. The largest absolute Gasteiger partial charge is 0.336 e. The van der Waals surface area contributed by atoms with E-state index in [9.17, 15) is 4.79 Å². The molecular formula is C23H25N5O. The number of likely N-dealkylation sites (tertiary alicyclic amines) is 1. The van der Waals surface area contributed by atoms with Crippen LogP contribution in [0.5, 0.6) is 0 Å². The van der Waals surface area contributed by atoms with Crippen molar-refractivity contribution in [1.29, 1.82) is 5.26 Å². The van der Waals surface area contributed by atoms with Crippen LogP contribution in [0.4, 0.5) is 0 Å². The van der Waals surface area contributed by atoms with Crippen LogP contribution in [0, 0.1) is 11.3 Å². The molecule has 1 aliphatic heterocycles. The second kappa shape index (κ2) is 8.72. The first-order valence-corrected chi connectivity index (χ1v) is 9.56. The summed E-state index contributed by atoms with van der Waals surface area (Å²) >= 11 is 0. The molecule has 0 unspecified atom stereocenters.